The zero-order valence-corrected chi connectivity index (χ0v) is 26.3. The van der Waals surface area contributed by atoms with Gasteiger partial charge in [0.1, 0.15) is 5.52 Å². The molecule has 0 atom stereocenters. The molecule has 47 heavy (non-hydrogen) atoms. The van der Waals surface area contributed by atoms with Gasteiger partial charge in [0.25, 0.3) is 0 Å². The van der Waals surface area contributed by atoms with Crippen molar-refractivity contribution in [3.8, 4) is 33.7 Å². The second kappa shape index (κ2) is 10.6. The smallest absolute Gasteiger partial charge is 0.227 e. The second-order valence-electron chi connectivity index (χ2n) is 12.8. The molecule has 3 heteroatoms. The topological polar surface area (TPSA) is 29.3 Å². The van der Waals surface area contributed by atoms with Crippen molar-refractivity contribution in [3.05, 3.63) is 169 Å². The van der Waals surface area contributed by atoms with Crippen LogP contribution in [-0.2, 0) is 5.41 Å². The molecule has 0 fully saturated rings. The summed E-state index contributed by atoms with van der Waals surface area (Å²) < 4.78 is 6.39. The van der Waals surface area contributed by atoms with Gasteiger partial charge < -0.3 is 9.32 Å². The molecule has 8 aromatic rings. The summed E-state index contributed by atoms with van der Waals surface area (Å²) in [6.07, 6.45) is 0. The standard InChI is InChI=1S/C44H32N2O/c1-44(2)38-18-10-8-17-36(38)37-26-25-33(28-39(37)44)46(41-19-11-9-15-34(41)29-12-4-3-5-13-29)32-23-20-31(21-24-32)43-45-40-27-22-30-14-6-7-16-35(30)42(40)47-43/h3-28H,1-2H3. The molecule has 3 nitrogen and oxygen atoms in total. The molecule has 0 saturated carbocycles. The molecule has 0 bridgehead atoms. The summed E-state index contributed by atoms with van der Waals surface area (Å²) in [5.74, 6) is 0.621. The SMILES string of the molecule is CC1(C)c2ccccc2-c2ccc(N(c3ccc(-c4nc5ccc6ccccc6c5o4)cc3)c3ccccc3-c3ccccc3)cc21. The van der Waals surface area contributed by atoms with Gasteiger partial charge in [-0.15, -0.1) is 0 Å². The summed E-state index contributed by atoms with van der Waals surface area (Å²) in [5.41, 5.74) is 13.5. The van der Waals surface area contributed by atoms with E-state index in [4.69, 9.17) is 9.40 Å². The van der Waals surface area contributed by atoms with Gasteiger partial charge in [-0.25, -0.2) is 4.98 Å². The molecule has 1 aliphatic rings. The third-order valence-electron chi connectivity index (χ3n) is 9.71. The summed E-state index contributed by atoms with van der Waals surface area (Å²) in [7, 11) is 0. The van der Waals surface area contributed by atoms with Crippen molar-refractivity contribution in [3.63, 3.8) is 0 Å². The van der Waals surface area contributed by atoms with E-state index in [1.807, 2.05) is 18.2 Å². The van der Waals surface area contributed by atoms with E-state index >= 15 is 0 Å². The number of rotatable bonds is 5. The largest absolute Gasteiger partial charge is 0.435 e. The van der Waals surface area contributed by atoms with Crippen molar-refractivity contribution < 1.29 is 4.42 Å². The lowest BCUT2D eigenvalue weighted by atomic mass is 9.82. The summed E-state index contributed by atoms with van der Waals surface area (Å²) >= 11 is 0. The average molecular weight is 605 g/mol. The molecule has 0 N–H and O–H groups in total. The van der Waals surface area contributed by atoms with Gasteiger partial charge >= 0.3 is 0 Å². The molecule has 0 radical (unpaired) electrons. The van der Waals surface area contributed by atoms with E-state index in [1.54, 1.807) is 0 Å². The first-order chi connectivity index (χ1) is 23.1. The predicted molar refractivity (Wildman–Crippen MR) is 195 cm³/mol. The van der Waals surface area contributed by atoms with Crippen molar-refractivity contribution in [2.75, 3.05) is 4.90 Å². The maximum Gasteiger partial charge on any atom is 0.227 e. The minimum absolute atomic E-state index is 0.104. The zero-order valence-electron chi connectivity index (χ0n) is 26.3. The van der Waals surface area contributed by atoms with Gasteiger partial charge in [-0.05, 0) is 81.7 Å². The second-order valence-corrected chi connectivity index (χ2v) is 12.8. The number of nitrogens with zero attached hydrogens (tertiary/aromatic N) is 2. The molecule has 0 spiro atoms. The number of hydrogen-bond acceptors (Lipinski definition) is 3. The summed E-state index contributed by atoms with van der Waals surface area (Å²) in [6.45, 7) is 4.67. The molecule has 1 heterocycles. The van der Waals surface area contributed by atoms with Crippen molar-refractivity contribution in [1.29, 1.82) is 0 Å². The highest BCUT2D eigenvalue weighted by Gasteiger charge is 2.35. The van der Waals surface area contributed by atoms with E-state index in [-0.39, 0.29) is 5.41 Å². The Morgan fingerprint density at radius 1 is 0.532 bits per heavy atom. The van der Waals surface area contributed by atoms with Crippen LogP contribution < -0.4 is 4.90 Å². The number of benzene rings is 7. The van der Waals surface area contributed by atoms with Gasteiger partial charge in [0.05, 0.1) is 5.69 Å². The molecule has 0 unspecified atom stereocenters. The summed E-state index contributed by atoms with van der Waals surface area (Å²) in [5, 5.41) is 2.22. The first-order valence-corrected chi connectivity index (χ1v) is 16.1. The number of anilines is 3. The molecular weight excluding hydrogens is 572 g/mol. The van der Waals surface area contributed by atoms with Crippen molar-refractivity contribution in [2.45, 2.75) is 19.3 Å². The first-order valence-electron chi connectivity index (χ1n) is 16.1. The third-order valence-corrected chi connectivity index (χ3v) is 9.71. The highest BCUT2D eigenvalue weighted by atomic mass is 16.3. The summed E-state index contributed by atoms with van der Waals surface area (Å²) in [4.78, 5) is 7.25. The molecule has 1 aromatic heterocycles. The zero-order chi connectivity index (χ0) is 31.5. The van der Waals surface area contributed by atoms with Crippen LogP contribution in [0.2, 0.25) is 0 Å². The number of oxazole rings is 1. The maximum absolute atomic E-state index is 6.39. The van der Waals surface area contributed by atoms with Crippen LogP contribution in [0.5, 0.6) is 0 Å². The molecule has 0 amide bonds. The molecule has 0 aliphatic heterocycles. The Bertz CT molecular complexity index is 2440. The third kappa shape index (κ3) is 4.39. The van der Waals surface area contributed by atoms with Gasteiger partial charge in [-0.2, -0.15) is 0 Å². The normalized spacial score (nSPS) is 13.1. The lowest BCUT2D eigenvalue weighted by Gasteiger charge is -2.30. The van der Waals surface area contributed by atoms with Crippen LogP contribution in [0.15, 0.2) is 162 Å². The Labute approximate surface area is 274 Å². The number of hydrogen-bond donors (Lipinski definition) is 0. The van der Waals surface area contributed by atoms with Crippen molar-refractivity contribution >= 4 is 38.9 Å². The van der Waals surface area contributed by atoms with Crippen LogP contribution in [0.25, 0.3) is 55.6 Å². The predicted octanol–water partition coefficient (Wildman–Crippen LogP) is 12.1. The van der Waals surface area contributed by atoms with Gasteiger partial charge in [0, 0.05) is 33.3 Å². The van der Waals surface area contributed by atoms with E-state index in [1.165, 1.54) is 33.4 Å². The highest BCUT2D eigenvalue weighted by molar-refractivity contribution is 6.03. The Kier molecular flexibility index (Phi) is 6.16. The molecular formula is C44H32N2O. The van der Waals surface area contributed by atoms with Crippen LogP contribution in [0, 0.1) is 0 Å². The van der Waals surface area contributed by atoms with E-state index in [0.29, 0.717) is 5.89 Å². The Morgan fingerprint density at radius 2 is 1.21 bits per heavy atom. The fourth-order valence-electron chi connectivity index (χ4n) is 7.32. The fourth-order valence-corrected chi connectivity index (χ4v) is 7.32. The monoisotopic (exact) mass is 604 g/mol. The first kappa shape index (κ1) is 27.4. The Hall–Kier alpha value is -5.93. The van der Waals surface area contributed by atoms with Crippen LogP contribution >= 0.6 is 0 Å². The lowest BCUT2D eigenvalue weighted by molar-refractivity contribution is 0.623. The van der Waals surface area contributed by atoms with Gasteiger partial charge in [0.2, 0.25) is 5.89 Å². The number of para-hydroxylation sites is 1. The molecule has 7 aromatic carbocycles. The Balaban J connectivity index is 1.19. The van der Waals surface area contributed by atoms with Crippen LogP contribution in [0.4, 0.5) is 17.1 Å². The summed E-state index contributed by atoms with van der Waals surface area (Å²) in [6, 6.07) is 56.1. The fraction of sp³-hybridized carbons (Fsp3) is 0.0682. The Morgan fingerprint density at radius 3 is 2.06 bits per heavy atom. The van der Waals surface area contributed by atoms with Crippen LogP contribution in [0.3, 0.4) is 0 Å². The molecule has 224 valence electrons. The molecule has 0 saturated heterocycles. The quantitative estimate of drug-likeness (QED) is 0.196. The minimum atomic E-state index is -0.104. The molecule has 9 rings (SSSR count). The van der Waals surface area contributed by atoms with Gasteiger partial charge in [-0.1, -0.05) is 123 Å². The lowest BCUT2D eigenvalue weighted by Crippen LogP contribution is -2.16. The van der Waals surface area contributed by atoms with Gasteiger partial charge in [-0.3, -0.25) is 0 Å². The highest BCUT2D eigenvalue weighted by Crippen LogP contribution is 2.51. The van der Waals surface area contributed by atoms with E-state index < -0.39 is 0 Å². The minimum Gasteiger partial charge on any atom is -0.435 e. The van der Waals surface area contributed by atoms with E-state index in [9.17, 15) is 0 Å². The van der Waals surface area contributed by atoms with E-state index in [2.05, 4.69) is 158 Å². The maximum atomic E-state index is 6.39. The molecule has 1 aliphatic carbocycles. The van der Waals surface area contributed by atoms with Crippen molar-refractivity contribution in [2.24, 2.45) is 0 Å². The van der Waals surface area contributed by atoms with Crippen LogP contribution in [-0.4, -0.2) is 4.98 Å². The number of aromatic nitrogens is 1. The van der Waals surface area contributed by atoms with E-state index in [0.717, 1.165) is 44.5 Å². The van der Waals surface area contributed by atoms with Crippen LogP contribution in [0.1, 0.15) is 25.0 Å². The average Bonchev–Trinajstić information content (AvgIpc) is 3.67. The number of fused-ring (bicyclic) bond motifs is 6. The van der Waals surface area contributed by atoms with Gasteiger partial charge in [0.15, 0.2) is 5.58 Å². The van der Waals surface area contributed by atoms with Crippen molar-refractivity contribution in [1.82, 2.24) is 4.98 Å².